The molecule has 51 heavy (non-hydrogen) atoms. The third-order valence-corrected chi connectivity index (χ3v) is 11.6. The molecule has 3 aromatic rings. The maximum Gasteiger partial charge on any atom is 0.258 e. The molecule has 0 aliphatic carbocycles. The molecular weight excluding hydrogens is 689 g/mol. The van der Waals surface area contributed by atoms with Crippen molar-refractivity contribution in [1.29, 1.82) is 0 Å². The Morgan fingerprint density at radius 3 is 2.55 bits per heavy atom. The number of alkyl halides is 2. The molecule has 3 fully saturated rings. The lowest BCUT2D eigenvalue weighted by atomic mass is 9.72. The van der Waals surface area contributed by atoms with Gasteiger partial charge < -0.3 is 24.2 Å². The normalized spacial score (nSPS) is 20.9. The van der Waals surface area contributed by atoms with Crippen LogP contribution in [0.4, 0.5) is 19.0 Å². The predicted molar refractivity (Wildman–Crippen MR) is 182 cm³/mol. The second-order valence-corrected chi connectivity index (χ2v) is 15.8. The quantitative estimate of drug-likeness (QED) is 0.291. The monoisotopic (exact) mass is 734 g/mol. The topological polar surface area (TPSA) is 135 Å². The Hall–Kier alpha value is -3.80. The van der Waals surface area contributed by atoms with E-state index < -0.39 is 40.8 Å². The van der Waals surface area contributed by atoms with E-state index in [1.54, 1.807) is 27.8 Å². The SMILES string of the molecule is Cc1nn(C)cc1S(=O)(=O)N[C@@H]1CC[C@@H](CN2CCC3(CC2)CN(c2ncncc2Oc2ccc(F)cc2C(=O)N(CC(F)F)C(C)C)C3)OC1. The molecule has 5 heterocycles. The number of ether oxygens (including phenoxy) is 2. The largest absolute Gasteiger partial charge is 0.451 e. The Morgan fingerprint density at radius 2 is 1.92 bits per heavy atom. The van der Waals surface area contributed by atoms with Gasteiger partial charge in [0.1, 0.15) is 22.8 Å². The number of hydrogen-bond acceptors (Lipinski definition) is 10. The number of aryl methyl sites for hydroxylation is 2. The zero-order valence-corrected chi connectivity index (χ0v) is 30.1. The van der Waals surface area contributed by atoms with Gasteiger partial charge in [0, 0.05) is 50.4 Å². The second-order valence-electron chi connectivity index (χ2n) is 14.2. The lowest BCUT2D eigenvalue weighted by Crippen LogP contribution is -2.61. The number of amides is 1. The predicted octanol–water partition coefficient (Wildman–Crippen LogP) is 3.99. The minimum absolute atomic E-state index is 0.0261. The molecule has 3 saturated heterocycles. The van der Waals surface area contributed by atoms with E-state index >= 15 is 0 Å². The highest BCUT2D eigenvalue weighted by atomic mass is 32.2. The number of halogens is 3. The standard InChI is InChI=1S/C34H45F3N8O5S/c1-22(2)45(17-31(36)37)33(46)27-13-24(35)5-8-28(27)50-29-14-38-21-39-32(29)44-19-34(20-44)9-11-43(12-10-34)15-26-7-6-25(18-49-26)41-51(47,48)30-16-42(4)40-23(30)3/h5,8,13-14,16,21-22,25-26,31,41H,6-7,9-12,15,17-20H2,1-4H3/t25-,26+/m1/s1. The number of carbonyl (C=O) groups excluding carboxylic acids is 1. The summed E-state index contributed by atoms with van der Waals surface area (Å²) in [4.78, 5) is 27.5. The van der Waals surface area contributed by atoms with E-state index in [4.69, 9.17) is 9.47 Å². The molecule has 0 radical (unpaired) electrons. The summed E-state index contributed by atoms with van der Waals surface area (Å²) in [5.41, 5.74) is 0.397. The number of nitrogens with zero attached hydrogens (tertiary/aromatic N) is 7. The molecule has 6 rings (SSSR count). The van der Waals surface area contributed by atoms with E-state index in [2.05, 4.69) is 29.6 Å². The highest BCUT2D eigenvalue weighted by Gasteiger charge is 2.46. The van der Waals surface area contributed by atoms with Gasteiger partial charge in [-0.3, -0.25) is 9.48 Å². The van der Waals surface area contributed by atoms with Crippen LogP contribution in [0.25, 0.3) is 0 Å². The highest BCUT2D eigenvalue weighted by Crippen LogP contribution is 2.45. The molecule has 3 aliphatic rings. The van der Waals surface area contributed by atoms with Crippen LogP contribution in [0.2, 0.25) is 0 Å². The fourth-order valence-electron chi connectivity index (χ4n) is 7.22. The molecule has 0 bridgehead atoms. The summed E-state index contributed by atoms with van der Waals surface area (Å²) in [7, 11) is -1.99. The van der Waals surface area contributed by atoms with Crippen LogP contribution in [-0.2, 0) is 21.8 Å². The minimum Gasteiger partial charge on any atom is -0.451 e. The lowest BCUT2D eigenvalue weighted by Gasteiger charge is -2.54. The number of piperidine rings is 1. The number of anilines is 1. The van der Waals surface area contributed by atoms with Crippen LogP contribution in [0.1, 0.15) is 55.6 Å². The molecule has 1 aromatic carbocycles. The summed E-state index contributed by atoms with van der Waals surface area (Å²) in [6.45, 7) is 8.54. The number of nitrogens with one attached hydrogen (secondary N) is 1. The smallest absolute Gasteiger partial charge is 0.258 e. The summed E-state index contributed by atoms with van der Waals surface area (Å²) in [6, 6.07) is 2.63. The maximum absolute atomic E-state index is 14.3. The van der Waals surface area contributed by atoms with Gasteiger partial charge in [-0.1, -0.05) is 0 Å². The van der Waals surface area contributed by atoms with Gasteiger partial charge >= 0.3 is 0 Å². The number of rotatable bonds is 12. The molecule has 0 unspecified atom stereocenters. The average Bonchev–Trinajstić information content (AvgIpc) is 3.43. The van der Waals surface area contributed by atoms with Crippen LogP contribution in [0.15, 0.2) is 41.8 Å². The first-order chi connectivity index (χ1) is 24.2. The van der Waals surface area contributed by atoms with Crippen molar-refractivity contribution in [3.63, 3.8) is 0 Å². The van der Waals surface area contributed by atoms with Crippen LogP contribution in [0.5, 0.6) is 11.5 Å². The molecule has 278 valence electrons. The van der Waals surface area contributed by atoms with Gasteiger partial charge in [-0.2, -0.15) is 5.10 Å². The molecular formula is C34H45F3N8O5S. The van der Waals surface area contributed by atoms with Crippen LogP contribution in [-0.4, -0.2) is 114 Å². The highest BCUT2D eigenvalue weighted by molar-refractivity contribution is 7.89. The number of carbonyl (C=O) groups is 1. The molecule has 1 amide bonds. The van der Waals surface area contributed by atoms with E-state index in [1.807, 2.05) is 0 Å². The number of likely N-dealkylation sites (tertiary alicyclic amines) is 1. The van der Waals surface area contributed by atoms with E-state index in [0.29, 0.717) is 24.5 Å². The molecule has 3 aliphatic heterocycles. The van der Waals surface area contributed by atoms with E-state index in [9.17, 15) is 26.4 Å². The number of aromatic nitrogens is 4. The summed E-state index contributed by atoms with van der Waals surface area (Å²) in [5, 5.41) is 4.14. The molecule has 13 nitrogen and oxygen atoms in total. The summed E-state index contributed by atoms with van der Waals surface area (Å²) >= 11 is 0. The van der Waals surface area contributed by atoms with Crippen LogP contribution in [0, 0.1) is 18.2 Å². The molecule has 1 N–H and O–H groups in total. The zero-order chi connectivity index (χ0) is 36.5. The molecule has 2 aromatic heterocycles. The molecule has 1 spiro atoms. The minimum atomic E-state index is -3.68. The van der Waals surface area contributed by atoms with Crippen molar-refractivity contribution >= 4 is 21.7 Å². The Bertz CT molecular complexity index is 1800. The first-order valence-corrected chi connectivity index (χ1v) is 18.7. The van der Waals surface area contributed by atoms with Gasteiger partial charge in [-0.05, 0) is 77.7 Å². The molecule has 2 atom stereocenters. The van der Waals surface area contributed by atoms with Gasteiger partial charge in [-0.15, -0.1) is 0 Å². The van der Waals surface area contributed by atoms with Crippen molar-refractivity contribution in [3.8, 4) is 11.5 Å². The summed E-state index contributed by atoms with van der Waals surface area (Å²) in [6.07, 6.45) is 5.10. The van der Waals surface area contributed by atoms with Gasteiger partial charge in [0.15, 0.2) is 11.6 Å². The fourth-order valence-corrected chi connectivity index (χ4v) is 8.70. The van der Waals surface area contributed by atoms with E-state index in [1.165, 1.54) is 29.5 Å². The van der Waals surface area contributed by atoms with Crippen LogP contribution < -0.4 is 14.4 Å². The van der Waals surface area contributed by atoms with Gasteiger partial charge in [-0.25, -0.2) is 36.3 Å². The average molecular weight is 735 g/mol. The third-order valence-electron chi connectivity index (χ3n) is 9.95. The third kappa shape index (κ3) is 8.47. The van der Waals surface area contributed by atoms with Crippen molar-refractivity contribution in [1.82, 2.24) is 34.3 Å². The first kappa shape index (κ1) is 37.0. The van der Waals surface area contributed by atoms with Crippen LogP contribution in [0.3, 0.4) is 0 Å². The molecule has 17 heteroatoms. The number of hydrogen-bond donors (Lipinski definition) is 1. The van der Waals surface area contributed by atoms with Gasteiger partial charge in [0.05, 0.1) is 36.7 Å². The maximum atomic E-state index is 14.3. The van der Waals surface area contributed by atoms with Crippen molar-refractivity contribution in [2.45, 2.75) is 76.0 Å². The van der Waals surface area contributed by atoms with Crippen molar-refractivity contribution in [2.75, 3.05) is 50.8 Å². The lowest BCUT2D eigenvalue weighted by molar-refractivity contribution is -0.0299. The first-order valence-electron chi connectivity index (χ1n) is 17.2. The van der Waals surface area contributed by atoms with E-state index in [0.717, 1.165) is 69.0 Å². The summed E-state index contributed by atoms with van der Waals surface area (Å²) in [5.74, 6) is -0.606. The Kier molecular flexibility index (Phi) is 10.9. The number of benzene rings is 1. The van der Waals surface area contributed by atoms with Crippen molar-refractivity contribution in [2.24, 2.45) is 12.5 Å². The van der Waals surface area contributed by atoms with Crippen molar-refractivity contribution < 1.29 is 35.9 Å². The Labute approximate surface area is 296 Å². The Balaban J connectivity index is 1.01. The fraction of sp³-hybridized carbons (Fsp3) is 0.588. The van der Waals surface area contributed by atoms with Gasteiger partial charge in [0.25, 0.3) is 12.3 Å². The Morgan fingerprint density at radius 1 is 1.18 bits per heavy atom. The van der Waals surface area contributed by atoms with Crippen LogP contribution >= 0.6 is 0 Å². The summed E-state index contributed by atoms with van der Waals surface area (Å²) < 4.78 is 83.1. The van der Waals surface area contributed by atoms with E-state index in [-0.39, 0.29) is 39.5 Å². The molecule has 0 saturated carbocycles. The number of sulfonamides is 1. The zero-order valence-electron chi connectivity index (χ0n) is 29.3. The van der Waals surface area contributed by atoms with Gasteiger partial charge in [0.2, 0.25) is 10.0 Å². The van der Waals surface area contributed by atoms with Crippen molar-refractivity contribution in [3.05, 3.63) is 54.0 Å². The second kappa shape index (κ2) is 15.0.